The van der Waals surface area contributed by atoms with Crippen LogP contribution in [-0.2, 0) is 0 Å². The van der Waals surface area contributed by atoms with Crippen LogP contribution < -0.4 is 5.32 Å². The molecule has 19 heavy (non-hydrogen) atoms. The van der Waals surface area contributed by atoms with Gasteiger partial charge in [0.05, 0.1) is 0 Å². The smallest absolute Gasteiger partial charge is 0.354 e. The van der Waals surface area contributed by atoms with Crippen molar-refractivity contribution in [3.05, 3.63) is 53.5 Å². The summed E-state index contributed by atoms with van der Waals surface area (Å²) in [6.45, 7) is 0. The topological polar surface area (TPSA) is 62.2 Å². The van der Waals surface area contributed by atoms with Crippen molar-refractivity contribution < 1.29 is 9.90 Å². The zero-order valence-electron chi connectivity index (χ0n) is 9.83. The lowest BCUT2D eigenvalue weighted by Crippen LogP contribution is -2.03. The van der Waals surface area contributed by atoms with Gasteiger partial charge in [0.25, 0.3) is 0 Å². The van der Waals surface area contributed by atoms with E-state index in [1.54, 1.807) is 6.07 Å². The van der Waals surface area contributed by atoms with Crippen LogP contribution in [0, 0.1) is 0 Å². The third-order valence-corrected chi connectivity index (χ3v) is 3.57. The number of anilines is 2. The van der Waals surface area contributed by atoms with Gasteiger partial charge in [-0.3, -0.25) is 0 Å². The molecule has 0 aliphatic heterocycles. The van der Waals surface area contributed by atoms with Crippen LogP contribution in [0.1, 0.15) is 10.5 Å². The van der Waals surface area contributed by atoms with Gasteiger partial charge >= 0.3 is 5.97 Å². The van der Waals surface area contributed by atoms with Gasteiger partial charge in [0.2, 0.25) is 0 Å². The van der Waals surface area contributed by atoms with Crippen LogP contribution in [0.15, 0.2) is 47.8 Å². The molecule has 0 spiro atoms. The standard InChI is InChI=1S/C14H10N2O2S/c17-14(18)11-8-12-10(6-7-19-12)13(16-11)15-9-4-2-1-3-5-9/h1-8H,(H,15,16)(H,17,18). The summed E-state index contributed by atoms with van der Waals surface area (Å²) >= 11 is 1.50. The Bertz CT molecular complexity index is 738. The van der Waals surface area contributed by atoms with Crippen LogP contribution in [0.5, 0.6) is 0 Å². The van der Waals surface area contributed by atoms with Gasteiger partial charge in [-0.2, -0.15) is 0 Å². The van der Waals surface area contributed by atoms with E-state index in [1.165, 1.54) is 11.3 Å². The number of rotatable bonds is 3. The lowest BCUT2D eigenvalue weighted by molar-refractivity contribution is 0.0691. The van der Waals surface area contributed by atoms with E-state index in [-0.39, 0.29) is 5.69 Å². The van der Waals surface area contributed by atoms with E-state index in [2.05, 4.69) is 10.3 Å². The predicted molar refractivity (Wildman–Crippen MR) is 76.3 cm³/mol. The average Bonchev–Trinajstić information content (AvgIpc) is 2.88. The van der Waals surface area contributed by atoms with Gasteiger partial charge in [0, 0.05) is 15.8 Å². The lowest BCUT2D eigenvalue weighted by Gasteiger charge is -2.07. The molecule has 4 nitrogen and oxygen atoms in total. The monoisotopic (exact) mass is 270 g/mol. The predicted octanol–water partition coefficient (Wildman–Crippen LogP) is 3.74. The van der Waals surface area contributed by atoms with E-state index in [0.717, 1.165) is 15.8 Å². The van der Waals surface area contributed by atoms with E-state index < -0.39 is 5.97 Å². The number of carboxylic acids is 1. The molecule has 3 rings (SSSR count). The van der Waals surface area contributed by atoms with Crippen molar-refractivity contribution in [2.45, 2.75) is 0 Å². The third-order valence-electron chi connectivity index (χ3n) is 2.71. The van der Waals surface area contributed by atoms with Gasteiger partial charge in [0.15, 0.2) is 5.69 Å². The Morgan fingerprint density at radius 1 is 1.21 bits per heavy atom. The third kappa shape index (κ3) is 2.28. The minimum Gasteiger partial charge on any atom is -0.477 e. The van der Waals surface area contributed by atoms with Crippen molar-refractivity contribution in [1.82, 2.24) is 4.98 Å². The SMILES string of the molecule is O=C(O)c1cc2sccc2c(Nc2ccccc2)n1. The second kappa shape index (κ2) is 4.70. The van der Waals surface area contributed by atoms with Crippen molar-refractivity contribution in [3.8, 4) is 0 Å². The van der Waals surface area contributed by atoms with Crippen LogP contribution in [-0.4, -0.2) is 16.1 Å². The zero-order valence-corrected chi connectivity index (χ0v) is 10.6. The first-order valence-electron chi connectivity index (χ1n) is 5.67. The summed E-state index contributed by atoms with van der Waals surface area (Å²) in [5.74, 6) is -0.450. The Hall–Kier alpha value is -2.40. The molecule has 0 amide bonds. The maximum absolute atomic E-state index is 11.1. The van der Waals surface area contributed by atoms with E-state index in [9.17, 15) is 4.79 Å². The first kappa shape index (κ1) is 11.7. The van der Waals surface area contributed by atoms with Crippen LogP contribution in [0.2, 0.25) is 0 Å². The minimum atomic E-state index is -1.02. The molecule has 0 aliphatic carbocycles. The summed E-state index contributed by atoms with van der Waals surface area (Å²) in [7, 11) is 0. The van der Waals surface area contributed by atoms with Gasteiger partial charge < -0.3 is 10.4 Å². The number of hydrogen-bond donors (Lipinski definition) is 2. The van der Waals surface area contributed by atoms with Crippen molar-refractivity contribution in [2.24, 2.45) is 0 Å². The highest BCUT2D eigenvalue weighted by molar-refractivity contribution is 7.17. The van der Waals surface area contributed by atoms with Crippen LogP contribution in [0.25, 0.3) is 10.1 Å². The van der Waals surface area contributed by atoms with Crippen molar-refractivity contribution >= 4 is 38.9 Å². The molecule has 2 heterocycles. The van der Waals surface area contributed by atoms with Gasteiger partial charge in [-0.15, -0.1) is 11.3 Å². The average molecular weight is 270 g/mol. The van der Waals surface area contributed by atoms with E-state index in [1.807, 2.05) is 41.8 Å². The molecule has 0 fully saturated rings. The fourth-order valence-electron chi connectivity index (χ4n) is 1.83. The molecule has 5 heteroatoms. The largest absolute Gasteiger partial charge is 0.477 e. The Morgan fingerprint density at radius 2 is 2.00 bits per heavy atom. The number of nitrogens with zero attached hydrogens (tertiary/aromatic N) is 1. The highest BCUT2D eigenvalue weighted by Crippen LogP contribution is 2.29. The van der Waals surface area contributed by atoms with Crippen LogP contribution in [0.3, 0.4) is 0 Å². The molecule has 2 N–H and O–H groups in total. The Morgan fingerprint density at radius 3 is 2.74 bits per heavy atom. The number of nitrogens with one attached hydrogen (secondary N) is 1. The molecular formula is C14H10N2O2S. The van der Waals surface area contributed by atoms with Crippen molar-refractivity contribution in [1.29, 1.82) is 0 Å². The summed E-state index contributed by atoms with van der Waals surface area (Å²) in [5.41, 5.74) is 0.929. The van der Waals surface area contributed by atoms with Gasteiger partial charge in [-0.1, -0.05) is 18.2 Å². The molecule has 1 aromatic carbocycles. The summed E-state index contributed by atoms with van der Waals surface area (Å²) in [6, 6.07) is 13.1. The second-order valence-corrected chi connectivity index (χ2v) is 4.93. The molecule has 0 radical (unpaired) electrons. The first-order valence-corrected chi connectivity index (χ1v) is 6.55. The number of aromatic carboxylic acids is 1. The fourth-order valence-corrected chi connectivity index (χ4v) is 2.65. The normalized spacial score (nSPS) is 10.5. The summed E-state index contributed by atoms with van der Waals surface area (Å²) in [5, 5.41) is 15.1. The Balaban J connectivity index is 2.11. The fraction of sp³-hybridized carbons (Fsp3) is 0. The number of fused-ring (bicyclic) bond motifs is 1. The molecule has 0 bridgehead atoms. The first-order chi connectivity index (χ1) is 9.24. The van der Waals surface area contributed by atoms with Crippen LogP contribution >= 0.6 is 11.3 Å². The maximum atomic E-state index is 11.1. The number of benzene rings is 1. The number of para-hydroxylation sites is 1. The minimum absolute atomic E-state index is 0.0494. The Kier molecular flexibility index (Phi) is 2.89. The number of carbonyl (C=O) groups is 1. The van der Waals surface area contributed by atoms with Gasteiger partial charge in [-0.05, 0) is 29.6 Å². The van der Waals surface area contributed by atoms with Crippen molar-refractivity contribution in [2.75, 3.05) is 5.32 Å². The molecule has 0 unspecified atom stereocenters. The molecule has 2 aromatic heterocycles. The summed E-state index contributed by atoms with van der Waals surface area (Å²) < 4.78 is 0.908. The number of pyridine rings is 1. The number of aromatic nitrogens is 1. The maximum Gasteiger partial charge on any atom is 0.354 e. The second-order valence-electron chi connectivity index (χ2n) is 3.98. The molecule has 0 saturated carbocycles. The van der Waals surface area contributed by atoms with E-state index in [0.29, 0.717) is 5.82 Å². The van der Waals surface area contributed by atoms with Gasteiger partial charge in [0.1, 0.15) is 5.82 Å². The van der Waals surface area contributed by atoms with E-state index in [4.69, 9.17) is 5.11 Å². The summed E-state index contributed by atoms with van der Waals surface area (Å²) in [4.78, 5) is 15.2. The molecule has 94 valence electrons. The molecule has 0 atom stereocenters. The number of thiophene rings is 1. The zero-order chi connectivity index (χ0) is 13.2. The molecule has 3 aromatic rings. The Labute approximate surface area is 113 Å². The van der Waals surface area contributed by atoms with Crippen molar-refractivity contribution in [3.63, 3.8) is 0 Å². The highest BCUT2D eigenvalue weighted by Gasteiger charge is 2.11. The summed E-state index contributed by atoms with van der Waals surface area (Å²) in [6.07, 6.45) is 0. The lowest BCUT2D eigenvalue weighted by atomic mass is 10.2. The van der Waals surface area contributed by atoms with Crippen LogP contribution in [0.4, 0.5) is 11.5 Å². The van der Waals surface area contributed by atoms with E-state index >= 15 is 0 Å². The number of carboxylic acid groups (broad SMARTS) is 1. The molecular weight excluding hydrogens is 260 g/mol. The number of hydrogen-bond acceptors (Lipinski definition) is 4. The molecule has 0 saturated heterocycles. The highest BCUT2D eigenvalue weighted by atomic mass is 32.1. The molecule has 0 aliphatic rings. The van der Waals surface area contributed by atoms with Gasteiger partial charge in [-0.25, -0.2) is 9.78 Å². The quantitative estimate of drug-likeness (QED) is 0.761.